The monoisotopic (exact) mass is 227 g/mol. The van der Waals surface area contributed by atoms with Crippen molar-refractivity contribution in [1.29, 1.82) is 0 Å². The average Bonchev–Trinajstić information content (AvgIpc) is 2.12. The summed E-state index contributed by atoms with van der Waals surface area (Å²) in [5.74, 6) is -1.01. The van der Waals surface area contributed by atoms with Crippen LogP contribution in [-0.2, 0) is 4.79 Å². The summed E-state index contributed by atoms with van der Waals surface area (Å²) in [4.78, 5) is 10.6. The number of halogens is 1. The number of nitrogens with two attached hydrogens (primary N) is 1. The SMILES string of the molecule is Cc1cc(Cl)cc(C(CN)CC(=O)O)c1. The predicted molar refractivity (Wildman–Crippen MR) is 60.2 cm³/mol. The van der Waals surface area contributed by atoms with Crippen LogP contribution in [-0.4, -0.2) is 17.6 Å². The van der Waals surface area contributed by atoms with Crippen molar-refractivity contribution < 1.29 is 9.90 Å². The largest absolute Gasteiger partial charge is 0.481 e. The molecule has 4 heteroatoms. The van der Waals surface area contributed by atoms with E-state index in [0.29, 0.717) is 11.6 Å². The Balaban J connectivity index is 2.95. The van der Waals surface area contributed by atoms with Gasteiger partial charge in [0.1, 0.15) is 0 Å². The molecule has 1 aromatic rings. The first kappa shape index (κ1) is 12.0. The van der Waals surface area contributed by atoms with Gasteiger partial charge in [-0.3, -0.25) is 4.79 Å². The van der Waals surface area contributed by atoms with Gasteiger partial charge in [0.15, 0.2) is 0 Å². The predicted octanol–water partition coefficient (Wildman–Crippen LogP) is 2.17. The Labute approximate surface area is 93.9 Å². The van der Waals surface area contributed by atoms with Crippen molar-refractivity contribution in [1.82, 2.24) is 0 Å². The maximum absolute atomic E-state index is 10.6. The first-order valence-corrected chi connectivity index (χ1v) is 5.09. The zero-order valence-corrected chi connectivity index (χ0v) is 9.29. The van der Waals surface area contributed by atoms with Crippen LogP contribution in [0.25, 0.3) is 0 Å². The summed E-state index contributed by atoms with van der Waals surface area (Å²) in [7, 11) is 0. The van der Waals surface area contributed by atoms with E-state index in [1.165, 1.54) is 0 Å². The van der Waals surface area contributed by atoms with E-state index >= 15 is 0 Å². The molecule has 0 aliphatic heterocycles. The Morgan fingerprint density at radius 3 is 2.67 bits per heavy atom. The summed E-state index contributed by atoms with van der Waals surface area (Å²) in [6.45, 7) is 2.23. The minimum absolute atomic E-state index is 0.0380. The van der Waals surface area contributed by atoms with Crippen molar-refractivity contribution in [3.8, 4) is 0 Å². The van der Waals surface area contributed by atoms with Gasteiger partial charge in [0.05, 0.1) is 6.42 Å². The maximum atomic E-state index is 10.6. The number of benzene rings is 1. The van der Waals surface area contributed by atoms with Crippen LogP contribution < -0.4 is 5.73 Å². The highest BCUT2D eigenvalue weighted by Gasteiger charge is 2.14. The van der Waals surface area contributed by atoms with Gasteiger partial charge in [-0.25, -0.2) is 0 Å². The van der Waals surface area contributed by atoms with Gasteiger partial charge < -0.3 is 10.8 Å². The first-order chi connectivity index (χ1) is 7.02. The molecule has 3 nitrogen and oxygen atoms in total. The molecule has 0 fully saturated rings. The second-order valence-corrected chi connectivity index (χ2v) is 4.03. The molecule has 0 aliphatic rings. The summed E-state index contributed by atoms with van der Waals surface area (Å²) in [5, 5.41) is 9.35. The van der Waals surface area contributed by atoms with E-state index in [1.54, 1.807) is 6.07 Å². The Morgan fingerprint density at radius 2 is 2.20 bits per heavy atom. The Kier molecular flexibility index (Phi) is 4.12. The minimum Gasteiger partial charge on any atom is -0.481 e. The highest BCUT2D eigenvalue weighted by molar-refractivity contribution is 6.30. The van der Waals surface area contributed by atoms with E-state index in [2.05, 4.69) is 0 Å². The Morgan fingerprint density at radius 1 is 1.53 bits per heavy atom. The molecule has 0 saturated heterocycles. The standard InChI is InChI=1S/C11H14ClNO2/c1-7-2-8(4-10(12)3-7)9(6-13)5-11(14)15/h2-4,9H,5-6,13H2,1H3,(H,14,15). The molecule has 1 atom stereocenters. The van der Waals surface area contributed by atoms with Gasteiger partial charge in [0.25, 0.3) is 0 Å². The number of hydrogen-bond donors (Lipinski definition) is 2. The molecule has 1 rings (SSSR count). The Bertz CT molecular complexity index is 345. The Hall–Kier alpha value is -1.06. The quantitative estimate of drug-likeness (QED) is 0.829. The topological polar surface area (TPSA) is 63.3 Å². The van der Waals surface area contributed by atoms with Crippen LogP contribution in [0.4, 0.5) is 0 Å². The van der Waals surface area contributed by atoms with E-state index in [0.717, 1.165) is 11.1 Å². The molecule has 0 heterocycles. The fourth-order valence-corrected chi connectivity index (χ4v) is 1.85. The maximum Gasteiger partial charge on any atom is 0.304 e. The highest BCUT2D eigenvalue weighted by atomic mass is 35.5. The number of aryl methyl sites for hydroxylation is 1. The highest BCUT2D eigenvalue weighted by Crippen LogP contribution is 2.23. The van der Waals surface area contributed by atoms with Crippen molar-refractivity contribution in [3.05, 3.63) is 34.3 Å². The molecule has 1 unspecified atom stereocenters. The van der Waals surface area contributed by atoms with Crippen LogP contribution in [0.5, 0.6) is 0 Å². The molecule has 1 aromatic carbocycles. The summed E-state index contributed by atoms with van der Waals surface area (Å²) >= 11 is 5.90. The lowest BCUT2D eigenvalue weighted by Crippen LogP contribution is -2.16. The molecule has 0 aliphatic carbocycles. The van der Waals surface area contributed by atoms with Crippen LogP contribution in [0, 0.1) is 6.92 Å². The van der Waals surface area contributed by atoms with Crippen LogP contribution >= 0.6 is 11.6 Å². The lowest BCUT2D eigenvalue weighted by atomic mass is 9.94. The van der Waals surface area contributed by atoms with Crippen molar-refractivity contribution in [2.24, 2.45) is 5.73 Å². The lowest BCUT2D eigenvalue weighted by molar-refractivity contribution is -0.137. The molecule has 0 bridgehead atoms. The van der Waals surface area contributed by atoms with Gasteiger partial charge in [0.2, 0.25) is 0 Å². The summed E-state index contributed by atoms with van der Waals surface area (Å²) < 4.78 is 0. The van der Waals surface area contributed by atoms with Gasteiger partial charge in [0, 0.05) is 10.9 Å². The van der Waals surface area contributed by atoms with Crippen LogP contribution in [0.1, 0.15) is 23.5 Å². The third-order valence-electron chi connectivity index (χ3n) is 2.24. The zero-order valence-electron chi connectivity index (χ0n) is 8.53. The number of rotatable bonds is 4. The van der Waals surface area contributed by atoms with Crippen molar-refractivity contribution in [3.63, 3.8) is 0 Å². The lowest BCUT2D eigenvalue weighted by Gasteiger charge is -2.13. The number of hydrogen-bond acceptors (Lipinski definition) is 2. The molecule has 0 radical (unpaired) electrons. The van der Waals surface area contributed by atoms with Crippen LogP contribution in [0.2, 0.25) is 5.02 Å². The second kappa shape index (κ2) is 5.14. The zero-order chi connectivity index (χ0) is 11.4. The molecule has 0 aromatic heterocycles. The van der Waals surface area contributed by atoms with E-state index < -0.39 is 5.97 Å². The van der Waals surface area contributed by atoms with E-state index in [4.69, 9.17) is 22.4 Å². The normalized spacial score (nSPS) is 12.5. The second-order valence-electron chi connectivity index (χ2n) is 3.59. The van der Waals surface area contributed by atoms with E-state index in [1.807, 2.05) is 19.1 Å². The third-order valence-corrected chi connectivity index (χ3v) is 2.46. The average molecular weight is 228 g/mol. The molecule has 82 valence electrons. The van der Waals surface area contributed by atoms with Gasteiger partial charge >= 0.3 is 5.97 Å². The first-order valence-electron chi connectivity index (χ1n) is 4.72. The molecular formula is C11H14ClNO2. The van der Waals surface area contributed by atoms with Crippen LogP contribution in [0.3, 0.4) is 0 Å². The molecule has 0 spiro atoms. The van der Waals surface area contributed by atoms with Crippen molar-refractivity contribution in [2.75, 3.05) is 6.54 Å². The molecule has 3 N–H and O–H groups in total. The fourth-order valence-electron chi connectivity index (χ4n) is 1.55. The summed E-state index contributed by atoms with van der Waals surface area (Å²) in [6.07, 6.45) is 0.0380. The number of carbonyl (C=O) groups is 1. The van der Waals surface area contributed by atoms with Gasteiger partial charge in [-0.2, -0.15) is 0 Å². The van der Waals surface area contributed by atoms with E-state index in [9.17, 15) is 4.79 Å². The number of carboxylic acids is 1. The fraction of sp³-hybridized carbons (Fsp3) is 0.364. The summed E-state index contributed by atoms with van der Waals surface area (Å²) in [5.41, 5.74) is 7.46. The van der Waals surface area contributed by atoms with Gasteiger partial charge in [-0.05, 0) is 36.7 Å². The molecule has 0 amide bonds. The van der Waals surface area contributed by atoms with Gasteiger partial charge in [-0.15, -0.1) is 0 Å². The summed E-state index contributed by atoms with van der Waals surface area (Å²) in [6, 6.07) is 5.53. The molecule has 0 saturated carbocycles. The molecule has 15 heavy (non-hydrogen) atoms. The number of aliphatic carboxylic acids is 1. The minimum atomic E-state index is -0.844. The van der Waals surface area contributed by atoms with E-state index in [-0.39, 0.29) is 12.3 Å². The molecular weight excluding hydrogens is 214 g/mol. The third kappa shape index (κ3) is 3.53. The van der Waals surface area contributed by atoms with Crippen molar-refractivity contribution in [2.45, 2.75) is 19.3 Å². The van der Waals surface area contributed by atoms with Crippen LogP contribution in [0.15, 0.2) is 18.2 Å². The van der Waals surface area contributed by atoms with Crippen molar-refractivity contribution >= 4 is 17.6 Å². The smallest absolute Gasteiger partial charge is 0.304 e. The van der Waals surface area contributed by atoms with Gasteiger partial charge in [-0.1, -0.05) is 17.7 Å². The number of carboxylic acid groups (broad SMARTS) is 1.